The lowest BCUT2D eigenvalue weighted by molar-refractivity contribution is 0.415. The molecule has 0 saturated carbocycles. The van der Waals surface area contributed by atoms with Crippen LogP contribution in [0, 0.1) is 0 Å². The van der Waals surface area contributed by atoms with Crippen molar-refractivity contribution in [3.63, 3.8) is 0 Å². The van der Waals surface area contributed by atoms with E-state index in [1.807, 2.05) is 30.3 Å². The first-order valence-electron chi connectivity index (χ1n) is 6.24. The van der Waals surface area contributed by atoms with Crippen LogP contribution in [0.15, 0.2) is 47.5 Å². The fraction of sp³-hybridized carbons (Fsp3) is 0.133. The van der Waals surface area contributed by atoms with Crippen molar-refractivity contribution in [3.05, 3.63) is 58.1 Å². The van der Waals surface area contributed by atoms with E-state index in [1.54, 1.807) is 19.2 Å². The van der Waals surface area contributed by atoms with Gasteiger partial charge in [-0.15, -0.1) is 24.0 Å². The fourth-order valence-corrected chi connectivity index (χ4v) is 2.18. The van der Waals surface area contributed by atoms with Crippen LogP contribution < -0.4 is 15.8 Å². The molecule has 2 aromatic carbocycles. The number of hydrogen-bond acceptors (Lipinski definition) is 2. The third-order valence-electron chi connectivity index (χ3n) is 2.80. The number of halogens is 3. The minimum absolute atomic E-state index is 0. The van der Waals surface area contributed by atoms with Crippen molar-refractivity contribution in [3.8, 4) is 5.75 Å². The van der Waals surface area contributed by atoms with Gasteiger partial charge in [0.15, 0.2) is 5.96 Å². The van der Waals surface area contributed by atoms with Crippen LogP contribution in [-0.2, 0) is 6.54 Å². The summed E-state index contributed by atoms with van der Waals surface area (Å²) >= 11 is 12.1. The molecule has 2 aromatic rings. The number of anilines is 1. The van der Waals surface area contributed by atoms with Crippen molar-refractivity contribution < 1.29 is 4.74 Å². The number of nitrogens with zero attached hydrogens (tertiary/aromatic N) is 1. The van der Waals surface area contributed by atoms with Gasteiger partial charge in [0.2, 0.25) is 0 Å². The highest BCUT2D eigenvalue weighted by Gasteiger charge is 2.03. The minimum atomic E-state index is 0. The molecule has 0 unspecified atom stereocenters. The summed E-state index contributed by atoms with van der Waals surface area (Å²) in [7, 11) is 1.56. The maximum Gasteiger partial charge on any atom is 0.193 e. The zero-order valence-corrected chi connectivity index (χ0v) is 15.7. The van der Waals surface area contributed by atoms with Crippen molar-refractivity contribution in [2.45, 2.75) is 6.54 Å². The zero-order chi connectivity index (χ0) is 15.2. The molecule has 4 nitrogen and oxygen atoms in total. The van der Waals surface area contributed by atoms with E-state index in [0.717, 1.165) is 11.3 Å². The third kappa shape index (κ3) is 5.23. The van der Waals surface area contributed by atoms with Gasteiger partial charge in [0.1, 0.15) is 5.75 Å². The lowest BCUT2D eigenvalue weighted by Gasteiger charge is -2.08. The predicted molar refractivity (Wildman–Crippen MR) is 104 cm³/mol. The van der Waals surface area contributed by atoms with Crippen LogP contribution in [0.25, 0.3) is 0 Å². The van der Waals surface area contributed by atoms with Gasteiger partial charge in [-0.25, -0.2) is 4.99 Å². The van der Waals surface area contributed by atoms with E-state index < -0.39 is 0 Å². The minimum Gasteiger partial charge on any atom is -0.495 e. The summed E-state index contributed by atoms with van der Waals surface area (Å²) in [6.07, 6.45) is 0. The van der Waals surface area contributed by atoms with Crippen molar-refractivity contribution in [2.75, 3.05) is 12.4 Å². The van der Waals surface area contributed by atoms with Gasteiger partial charge in [-0.3, -0.25) is 0 Å². The molecule has 0 aliphatic carbocycles. The summed E-state index contributed by atoms with van der Waals surface area (Å²) in [5.41, 5.74) is 7.50. The summed E-state index contributed by atoms with van der Waals surface area (Å²) in [6, 6.07) is 12.8. The molecule has 0 aliphatic heterocycles. The molecule has 0 fully saturated rings. The van der Waals surface area contributed by atoms with Crippen LogP contribution in [0.5, 0.6) is 5.75 Å². The smallest absolute Gasteiger partial charge is 0.193 e. The molecule has 0 radical (unpaired) electrons. The average Bonchev–Trinajstić information content (AvgIpc) is 2.46. The quantitative estimate of drug-likeness (QED) is 0.407. The van der Waals surface area contributed by atoms with Gasteiger partial charge in [0, 0.05) is 10.7 Å². The molecule has 0 bridgehead atoms. The fourth-order valence-electron chi connectivity index (χ4n) is 1.73. The lowest BCUT2D eigenvalue weighted by atomic mass is 10.2. The number of aliphatic imine (C=N–C) groups is 1. The van der Waals surface area contributed by atoms with Gasteiger partial charge in [-0.05, 0) is 29.8 Å². The lowest BCUT2D eigenvalue weighted by Crippen LogP contribution is -2.22. The maximum atomic E-state index is 6.06. The SMILES string of the molecule is COc1ccc(NC(N)=NCc2ccccc2Cl)cc1Cl.I. The van der Waals surface area contributed by atoms with Crippen molar-refractivity contribution in [2.24, 2.45) is 10.7 Å². The van der Waals surface area contributed by atoms with E-state index in [0.29, 0.717) is 22.3 Å². The van der Waals surface area contributed by atoms with Gasteiger partial charge in [0.25, 0.3) is 0 Å². The van der Waals surface area contributed by atoms with Crippen LogP contribution in [0.2, 0.25) is 10.0 Å². The van der Waals surface area contributed by atoms with Crippen molar-refractivity contribution in [1.29, 1.82) is 0 Å². The van der Waals surface area contributed by atoms with Gasteiger partial charge in [-0.1, -0.05) is 41.4 Å². The first-order valence-corrected chi connectivity index (χ1v) is 6.99. The molecular weight excluding hydrogens is 436 g/mol. The van der Waals surface area contributed by atoms with Crippen LogP contribution in [0.1, 0.15) is 5.56 Å². The molecule has 0 atom stereocenters. The monoisotopic (exact) mass is 451 g/mol. The summed E-state index contributed by atoms with van der Waals surface area (Å²) in [5, 5.41) is 4.14. The van der Waals surface area contributed by atoms with Gasteiger partial charge in [0.05, 0.1) is 18.7 Å². The highest BCUT2D eigenvalue weighted by atomic mass is 127. The molecule has 3 N–H and O–H groups in total. The van der Waals surface area contributed by atoms with Crippen LogP contribution in [0.4, 0.5) is 5.69 Å². The van der Waals surface area contributed by atoms with E-state index in [4.69, 9.17) is 33.7 Å². The number of ether oxygens (including phenoxy) is 1. The summed E-state index contributed by atoms with van der Waals surface area (Å²) in [5.74, 6) is 0.893. The molecule has 7 heteroatoms. The Bertz CT molecular complexity index is 665. The number of hydrogen-bond donors (Lipinski definition) is 2. The van der Waals surface area contributed by atoms with E-state index in [9.17, 15) is 0 Å². The van der Waals surface area contributed by atoms with E-state index in [2.05, 4.69) is 10.3 Å². The molecule has 22 heavy (non-hydrogen) atoms. The number of nitrogens with two attached hydrogens (primary N) is 1. The number of benzene rings is 2. The number of guanidine groups is 1. The topological polar surface area (TPSA) is 59.6 Å². The largest absolute Gasteiger partial charge is 0.495 e. The molecule has 0 aliphatic rings. The van der Waals surface area contributed by atoms with Crippen LogP contribution in [-0.4, -0.2) is 13.1 Å². The molecule has 0 heterocycles. The molecule has 2 rings (SSSR count). The standard InChI is InChI=1S/C15H15Cl2N3O.HI/c1-21-14-7-6-11(8-13(14)17)20-15(18)19-9-10-4-2-3-5-12(10)16;/h2-8H,9H2,1H3,(H3,18,19,20);1H. The molecule has 0 saturated heterocycles. The Kier molecular flexibility index (Phi) is 7.78. The van der Waals surface area contributed by atoms with Gasteiger partial charge in [-0.2, -0.15) is 0 Å². The Morgan fingerprint density at radius 1 is 1.18 bits per heavy atom. The Labute approximate surface area is 156 Å². The highest BCUT2D eigenvalue weighted by Crippen LogP contribution is 2.27. The van der Waals surface area contributed by atoms with E-state index >= 15 is 0 Å². The maximum absolute atomic E-state index is 6.06. The number of methoxy groups -OCH3 is 1. The molecule has 0 amide bonds. The first kappa shape index (κ1) is 18.9. The summed E-state index contributed by atoms with van der Waals surface area (Å²) in [6.45, 7) is 0.405. The summed E-state index contributed by atoms with van der Waals surface area (Å²) in [4.78, 5) is 4.25. The first-order chi connectivity index (χ1) is 10.1. The van der Waals surface area contributed by atoms with Crippen molar-refractivity contribution in [1.82, 2.24) is 0 Å². The van der Waals surface area contributed by atoms with Crippen LogP contribution >= 0.6 is 47.2 Å². The third-order valence-corrected chi connectivity index (χ3v) is 3.47. The van der Waals surface area contributed by atoms with Gasteiger partial charge < -0.3 is 15.8 Å². The second-order valence-corrected chi connectivity index (χ2v) is 5.08. The van der Waals surface area contributed by atoms with Crippen molar-refractivity contribution >= 4 is 58.8 Å². The number of nitrogens with one attached hydrogen (secondary N) is 1. The normalized spacial score (nSPS) is 10.8. The Hall–Kier alpha value is -1.18. The molecule has 0 spiro atoms. The average molecular weight is 452 g/mol. The molecule has 118 valence electrons. The summed E-state index contributed by atoms with van der Waals surface area (Å²) < 4.78 is 5.09. The predicted octanol–water partition coefficient (Wildman–Crippen LogP) is 4.55. The zero-order valence-electron chi connectivity index (χ0n) is 11.8. The second-order valence-electron chi connectivity index (χ2n) is 4.27. The Morgan fingerprint density at radius 2 is 1.91 bits per heavy atom. The number of rotatable bonds is 4. The van der Waals surface area contributed by atoms with E-state index in [-0.39, 0.29) is 29.9 Å². The Morgan fingerprint density at radius 3 is 2.55 bits per heavy atom. The van der Waals surface area contributed by atoms with E-state index in [1.165, 1.54) is 0 Å². The van der Waals surface area contributed by atoms with Gasteiger partial charge >= 0.3 is 0 Å². The molecular formula is C15H16Cl2IN3O. The second kappa shape index (κ2) is 9.07. The molecule has 0 aromatic heterocycles. The Balaban J connectivity index is 0.00000242. The highest BCUT2D eigenvalue weighted by molar-refractivity contribution is 14.0. The van der Waals surface area contributed by atoms with Crippen LogP contribution in [0.3, 0.4) is 0 Å².